The molecule has 4 saturated carbocycles. The van der Waals surface area contributed by atoms with Crippen LogP contribution in [0.15, 0.2) is 60.7 Å². The van der Waals surface area contributed by atoms with Crippen molar-refractivity contribution < 1.29 is 9.59 Å². The summed E-state index contributed by atoms with van der Waals surface area (Å²) in [5.74, 6) is 1.06. The van der Waals surface area contributed by atoms with E-state index < -0.39 is 7.92 Å². The average molecular weight is 441 g/mol. The van der Waals surface area contributed by atoms with Gasteiger partial charge in [-0.05, 0) is 74.6 Å². The van der Waals surface area contributed by atoms with Crippen LogP contribution in [0.3, 0.4) is 0 Å². The van der Waals surface area contributed by atoms with E-state index in [2.05, 4.69) is 10.6 Å². The first kappa shape index (κ1) is 20.0. The van der Waals surface area contributed by atoms with Crippen molar-refractivity contribution in [3.63, 3.8) is 0 Å². The molecule has 6 heteroatoms. The van der Waals surface area contributed by atoms with Gasteiger partial charge in [-0.1, -0.05) is 36.4 Å². The first-order valence-electron chi connectivity index (χ1n) is 10.7. The van der Waals surface area contributed by atoms with E-state index in [0.29, 0.717) is 11.8 Å². The molecule has 0 saturated heterocycles. The molecule has 2 unspecified atom stereocenters. The van der Waals surface area contributed by atoms with Crippen LogP contribution >= 0.6 is 19.5 Å². The Morgan fingerprint density at radius 2 is 1.27 bits per heavy atom. The van der Waals surface area contributed by atoms with Crippen molar-refractivity contribution >= 4 is 42.2 Å². The van der Waals surface area contributed by atoms with Crippen molar-refractivity contribution in [2.75, 3.05) is 10.6 Å². The zero-order valence-electron chi connectivity index (χ0n) is 16.8. The van der Waals surface area contributed by atoms with E-state index >= 15 is 0 Å². The highest BCUT2D eigenvalue weighted by Gasteiger charge is 2.62. The Morgan fingerprint density at radius 1 is 0.800 bits per heavy atom. The molecule has 30 heavy (non-hydrogen) atoms. The predicted molar refractivity (Wildman–Crippen MR) is 124 cm³/mol. The number of nitrogens with one attached hydrogen (secondary N) is 2. The lowest BCUT2D eigenvalue weighted by Gasteiger charge is -2.61. The summed E-state index contributed by atoms with van der Waals surface area (Å²) in [6.45, 7) is 0. The van der Waals surface area contributed by atoms with Gasteiger partial charge < -0.3 is 10.6 Å². The fraction of sp³-hybridized carbons (Fsp3) is 0.417. The van der Waals surface area contributed by atoms with E-state index in [1.807, 2.05) is 60.7 Å². The van der Waals surface area contributed by atoms with Crippen LogP contribution in [0.5, 0.6) is 0 Å². The Balaban J connectivity index is 1.48. The number of hydrogen-bond acceptors (Lipinski definition) is 2. The number of hydrogen-bond donors (Lipinski definition) is 2. The van der Waals surface area contributed by atoms with Crippen LogP contribution in [0.25, 0.3) is 0 Å². The Hall–Kier alpha value is -1.90. The lowest BCUT2D eigenvalue weighted by molar-refractivity contribution is 0.0518. The molecule has 0 aliphatic heterocycles. The monoisotopic (exact) mass is 440 g/mol. The standard InChI is InChI=1S/C24H26ClN2O2P/c25-23-12-17-11-18(13-23)15-24(14-17,16-23)30(21(28)26-19-7-3-1-4-8-19)22(29)27-20-9-5-2-6-10-20/h1-10,17-18H,11-16H2,(H,26,28)(H,27,29). The SMILES string of the molecule is O=C(Nc1ccccc1)P(C(=O)Nc1ccccc1)C12CC3CC(CC(Cl)(C3)C1)C2. The highest BCUT2D eigenvalue weighted by atomic mass is 35.5. The zero-order valence-corrected chi connectivity index (χ0v) is 18.5. The number of carbonyl (C=O) groups is 2. The largest absolute Gasteiger partial charge is 0.322 e. The van der Waals surface area contributed by atoms with Crippen LogP contribution in [0.4, 0.5) is 21.0 Å². The average Bonchev–Trinajstić information content (AvgIpc) is 2.67. The summed E-state index contributed by atoms with van der Waals surface area (Å²) in [5, 5.41) is 5.76. The van der Waals surface area contributed by atoms with Gasteiger partial charge in [-0.15, -0.1) is 11.6 Å². The molecule has 0 aromatic heterocycles. The molecule has 6 rings (SSSR count). The second-order valence-electron chi connectivity index (χ2n) is 9.26. The minimum Gasteiger partial charge on any atom is -0.322 e. The maximum absolute atomic E-state index is 13.6. The summed E-state index contributed by atoms with van der Waals surface area (Å²) < 4.78 is 0. The van der Waals surface area contributed by atoms with Crippen molar-refractivity contribution in [1.29, 1.82) is 0 Å². The topological polar surface area (TPSA) is 58.2 Å². The lowest BCUT2D eigenvalue weighted by atomic mass is 9.55. The summed E-state index contributed by atoms with van der Waals surface area (Å²) >= 11 is 7.04. The number of amides is 2. The number of benzene rings is 2. The molecule has 4 aliphatic carbocycles. The molecule has 0 spiro atoms. The first-order chi connectivity index (χ1) is 14.4. The van der Waals surface area contributed by atoms with Gasteiger partial charge >= 0.3 is 0 Å². The number of alkyl halides is 1. The van der Waals surface area contributed by atoms with Crippen molar-refractivity contribution in [1.82, 2.24) is 0 Å². The van der Waals surface area contributed by atoms with Crippen LogP contribution in [0, 0.1) is 11.8 Å². The van der Waals surface area contributed by atoms with Gasteiger partial charge in [0.05, 0.1) is 7.92 Å². The third kappa shape index (κ3) is 3.76. The summed E-state index contributed by atoms with van der Waals surface area (Å²) in [6.07, 6.45) is 5.89. The molecule has 156 valence electrons. The third-order valence-electron chi connectivity index (χ3n) is 6.89. The molecule has 0 radical (unpaired) electrons. The minimum absolute atomic E-state index is 0.160. The second kappa shape index (κ2) is 7.66. The molecule has 4 bridgehead atoms. The molecule has 2 aromatic carbocycles. The van der Waals surface area contributed by atoms with E-state index in [4.69, 9.17) is 11.6 Å². The molecule has 2 atom stereocenters. The third-order valence-corrected chi connectivity index (χ3v) is 9.84. The van der Waals surface area contributed by atoms with E-state index in [1.54, 1.807) is 0 Å². The molecule has 4 aliphatic rings. The summed E-state index contributed by atoms with van der Waals surface area (Å²) in [4.78, 5) is 26.9. The predicted octanol–water partition coefficient (Wildman–Crippen LogP) is 7.26. The summed E-state index contributed by atoms with van der Waals surface area (Å²) in [6, 6.07) is 18.8. The number of carbonyl (C=O) groups excluding carboxylic acids is 2. The molecule has 4 fully saturated rings. The highest BCUT2D eigenvalue weighted by Crippen LogP contribution is 2.71. The van der Waals surface area contributed by atoms with Gasteiger partial charge in [0, 0.05) is 21.4 Å². The molecule has 0 heterocycles. The maximum Gasteiger partial charge on any atom is 0.255 e. The van der Waals surface area contributed by atoms with Gasteiger partial charge in [-0.3, -0.25) is 9.59 Å². The van der Waals surface area contributed by atoms with Crippen molar-refractivity contribution in [2.45, 2.75) is 48.6 Å². The van der Waals surface area contributed by atoms with Crippen LogP contribution in [0.2, 0.25) is 0 Å². The normalized spacial score (nSPS) is 31.5. The van der Waals surface area contributed by atoms with E-state index in [9.17, 15) is 9.59 Å². The van der Waals surface area contributed by atoms with Gasteiger partial charge in [-0.25, -0.2) is 0 Å². The molecule has 2 N–H and O–H groups in total. The molecule has 4 nitrogen and oxygen atoms in total. The molecular formula is C24H26ClN2O2P. The second-order valence-corrected chi connectivity index (χ2v) is 12.5. The number of para-hydroxylation sites is 2. The first-order valence-corrected chi connectivity index (χ1v) is 12.4. The summed E-state index contributed by atoms with van der Waals surface area (Å²) in [5.41, 5.74) is 1.14. The van der Waals surface area contributed by atoms with Gasteiger partial charge in [0.25, 0.3) is 11.3 Å². The van der Waals surface area contributed by atoms with Gasteiger partial charge in [0.2, 0.25) is 0 Å². The number of halogens is 1. The van der Waals surface area contributed by atoms with E-state index in [-0.39, 0.29) is 21.3 Å². The fourth-order valence-corrected chi connectivity index (χ4v) is 9.95. The van der Waals surface area contributed by atoms with Crippen LogP contribution < -0.4 is 10.6 Å². The van der Waals surface area contributed by atoms with Crippen LogP contribution in [0.1, 0.15) is 38.5 Å². The number of anilines is 2. The van der Waals surface area contributed by atoms with Gasteiger partial charge in [-0.2, -0.15) is 0 Å². The molecule has 2 amide bonds. The minimum atomic E-state index is -1.62. The van der Waals surface area contributed by atoms with E-state index in [1.165, 1.54) is 6.42 Å². The fourth-order valence-electron chi connectivity index (χ4n) is 6.29. The van der Waals surface area contributed by atoms with Crippen LogP contribution in [-0.4, -0.2) is 21.3 Å². The van der Waals surface area contributed by atoms with Crippen molar-refractivity contribution in [2.24, 2.45) is 11.8 Å². The zero-order chi connectivity index (χ0) is 20.8. The van der Waals surface area contributed by atoms with Crippen molar-refractivity contribution in [3.05, 3.63) is 60.7 Å². The number of rotatable bonds is 5. The van der Waals surface area contributed by atoms with E-state index in [0.717, 1.165) is 43.5 Å². The summed E-state index contributed by atoms with van der Waals surface area (Å²) in [7, 11) is -1.62. The quantitative estimate of drug-likeness (QED) is 0.379. The van der Waals surface area contributed by atoms with Crippen LogP contribution in [-0.2, 0) is 0 Å². The Kier molecular flexibility index (Phi) is 5.11. The smallest absolute Gasteiger partial charge is 0.255 e. The van der Waals surface area contributed by atoms with Gasteiger partial charge in [0.15, 0.2) is 0 Å². The highest BCUT2D eigenvalue weighted by molar-refractivity contribution is 7.90. The Morgan fingerprint density at radius 3 is 1.70 bits per heavy atom. The lowest BCUT2D eigenvalue weighted by Crippen LogP contribution is -2.57. The molecular weight excluding hydrogens is 415 g/mol. The molecule has 2 aromatic rings. The van der Waals surface area contributed by atoms with Gasteiger partial charge in [0.1, 0.15) is 0 Å². The van der Waals surface area contributed by atoms with Crippen molar-refractivity contribution in [3.8, 4) is 0 Å². The maximum atomic E-state index is 13.6. The Labute approximate surface area is 183 Å². The Bertz CT molecular complexity index is 885.